The number of aryl methyl sites for hydroxylation is 1. The van der Waals surface area contributed by atoms with Gasteiger partial charge in [-0.3, -0.25) is 4.79 Å². The van der Waals surface area contributed by atoms with Crippen molar-refractivity contribution in [3.05, 3.63) is 23.8 Å². The second kappa shape index (κ2) is 3.80. The van der Waals surface area contributed by atoms with Crippen molar-refractivity contribution >= 4 is 5.91 Å². The first kappa shape index (κ1) is 9.38. The first-order chi connectivity index (χ1) is 6.11. The first-order valence-electron chi connectivity index (χ1n) is 3.89. The van der Waals surface area contributed by atoms with E-state index in [0.29, 0.717) is 12.0 Å². The van der Waals surface area contributed by atoms with Crippen molar-refractivity contribution in [1.82, 2.24) is 0 Å². The average molecular weight is 181 g/mol. The van der Waals surface area contributed by atoms with Crippen LogP contribution in [0.5, 0.6) is 11.5 Å². The molecule has 13 heavy (non-hydrogen) atoms. The van der Waals surface area contributed by atoms with Crippen LogP contribution in [0.25, 0.3) is 0 Å². The van der Waals surface area contributed by atoms with E-state index in [0.717, 1.165) is 0 Å². The van der Waals surface area contributed by atoms with Gasteiger partial charge in [-0.2, -0.15) is 0 Å². The molecule has 0 aliphatic heterocycles. The number of amides is 1. The highest BCUT2D eigenvalue weighted by Gasteiger charge is 2.06. The molecule has 0 saturated carbocycles. The van der Waals surface area contributed by atoms with Gasteiger partial charge in [0.05, 0.1) is 0 Å². The van der Waals surface area contributed by atoms with Crippen molar-refractivity contribution in [2.45, 2.75) is 12.8 Å². The third kappa shape index (κ3) is 2.37. The molecule has 0 aliphatic carbocycles. The number of nitrogens with two attached hydrogens (primary N) is 1. The number of hydrogen-bond acceptors (Lipinski definition) is 3. The van der Waals surface area contributed by atoms with Crippen molar-refractivity contribution in [1.29, 1.82) is 0 Å². The van der Waals surface area contributed by atoms with Gasteiger partial charge in [0.15, 0.2) is 11.5 Å². The summed E-state index contributed by atoms with van der Waals surface area (Å²) in [6.07, 6.45) is 0.507. The first-order valence-corrected chi connectivity index (χ1v) is 3.89. The molecule has 4 N–H and O–H groups in total. The molecular weight excluding hydrogens is 170 g/mol. The van der Waals surface area contributed by atoms with Gasteiger partial charge in [-0.15, -0.1) is 0 Å². The van der Waals surface area contributed by atoms with Crippen molar-refractivity contribution < 1.29 is 15.0 Å². The maximum atomic E-state index is 10.4. The van der Waals surface area contributed by atoms with Gasteiger partial charge in [-0.1, -0.05) is 12.1 Å². The molecule has 0 fully saturated rings. The fraction of sp³-hybridized carbons (Fsp3) is 0.222. The lowest BCUT2D eigenvalue weighted by molar-refractivity contribution is -0.117. The molecule has 0 bridgehead atoms. The highest BCUT2D eigenvalue weighted by Crippen LogP contribution is 2.28. The maximum Gasteiger partial charge on any atom is 0.217 e. The normalized spacial score (nSPS) is 9.85. The Morgan fingerprint density at radius 3 is 2.69 bits per heavy atom. The SMILES string of the molecule is NC(=O)CCc1cccc(O)c1O. The van der Waals surface area contributed by atoms with Gasteiger partial charge < -0.3 is 15.9 Å². The van der Waals surface area contributed by atoms with Gasteiger partial charge in [0.1, 0.15) is 0 Å². The Balaban J connectivity index is 2.77. The van der Waals surface area contributed by atoms with E-state index in [9.17, 15) is 9.90 Å². The van der Waals surface area contributed by atoms with Crippen LogP contribution in [0.4, 0.5) is 0 Å². The number of phenols is 2. The number of carbonyl (C=O) groups is 1. The van der Waals surface area contributed by atoms with Crippen LogP contribution in [-0.2, 0) is 11.2 Å². The molecule has 0 unspecified atom stereocenters. The van der Waals surface area contributed by atoms with E-state index in [-0.39, 0.29) is 17.9 Å². The Bertz CT molecular complexity index is 323. The molecule has 0 aliphatic rings. The summed E-state index contributed by atoms with van der Waals surface area (Å²) in [5.74, 6) is -0.784. The van der Waals surface area contributed by atoms with E-state index in [1.54, 1.807) is 12.1 Å². The zero-order valence-corrected chi connectivity index (χ0v) is 7.03. The molecule has 1 aromatic rings. The van der Waals surface area contributed by atoms with E-state index in [2.05, 4.69) is 0 Å². The van der Waals surface area contributed by atoms with Gasteiger partial charge in [-0.25, -0.2) is 0 Å². The molecule has 0 heterocycles. The van der Waals surface area contributed by atoms with Crippen molar-refractivity contribution in [2.24, 2.45) is 5.73 Å². The summed E-state index contributed by atoms with van der Waals surface area (Å²) < 4.78 is 0. The van der Waals surface area contributed by atoms with Crippen LogP contribution >= 0.6 is 0 Å². The maximum absolute atomic E-state index is 10.4. The number of hydrogen-bond donors (Lipinski definition) is 3. The Kier molecular flexibility index (Phi) is 2.74. The van der Waals surface area contributed by atoms with Crippen LogP contribution in [0, 0.1) is 0 Å². The largest absolute Gasteiger partial charge is 0.504 e. The van der Waals surface area contributed by atoms with Crippen molar-refractivity contribution in [2.75, 3.05) is 0 Å². The summed E-state index contributed by atoms with van der Waals surface area (Å²) in [7, 11) is 0. The van der Waals surface area contributed by atoms with Crippen LogP contribution in [0.15, 0.2) is 18.2 Å². The summed E-state index contributed by atoms with van der Waals surface area (Å²) in [5, 5.41) is 18.4. The van der Waals surface area contributed by atoms with Crippen LogP contribution in [0.3, 0.4) is 0 Å². The van der Waals surface area contributed by atoms with Gasteiger partial charge in [0.25, 0.3) is 0 Å². The molecule has 0 saturated heterocycles. The molecule has 70 valence electrons. The number of rotatable bonds is 3. The van der Waals surface area contributed by atoms with Crippen LogP contribution in [-0.4, -0.2) is 16.1 Å². The summed E-state index contributed by atoms with van der Waals surface area (Å²) in [5.41, 5.74) is 5.47. The smallest absolute Gasteiger partial charge is 0.217 e. The monoisotopic (exact) mass is 181 g/mol. The third-order valence-corrected chi connectivity index (χ3v) is 1.74. The quantitative estimate of drug-likeness (QED) is 0.594. The highest BCUT2D eigenvalue weighted by molar-refractivity contribution is 5.74. The van der Waals surface area contributed by atoms with Gasteiger partial charge in [-0.05, 0) is 18.1 Å². The lowest BCUT2D eigenvalue weighted by atomic mass is 10.1. The Morgan fingerprint density at radius 2 is 2.08 bits per heavy atom. The van der Waals surface area contributed by atoms with Crippen LogP contribution < -0.4 is 5.73 Å². The molecule has 4 nitrogen and oxygen atoms in total. The number of benzene rings is 1. The molecule has 1 amide bonds. The van der Waals surface area contributed by atoms with Crippen molar-refractivity contribution in [3.8, 4) is 11.5 Å². The Labute approximate surface area is 75.6 Å². The van der Waals surface area contributed by atoms with Crippen molar-refractivity contribution in [3.63, 3.8) is 0 Å². The number of aromatic hydroxyl groups is 2. The number of para-hydroxylation sites is 1. The van der Waals surface area contributed by atoms with E-state index in [1.807, 2.05) is 0 Å². The number of carbonyl (C=O) groups excluding carboxylic acids is 1. The second-order valence-electron chi connectivity index (χ2n) is 2.75. The number of primary amides is 1. The van der Waals surface area contributed by atoms with E-state index >= 15 is 0 Å². The predicted molar refractivity (Wildman–Crippen MR) is 47.3 cm³/mol. The summed E-state index contributed by atoms with van der Waals surface area (Å²) >= 11 is 0. The van der Waals surface area contributed by atoms with E-state index < -0.39 is 5.91 Å². The van der Waals surface area contributed by atoms with Gasteiger partial charge >= 0.3 is 0 Å². The Morgan fingerprint density at radius 1 is 1.38 bits per heavy atom. The highest BCUT2D eigenvalue weighted by atomic mass is 16.3. The molecule has 4 heteroatoms. The second-order valence-corrected chi connectivity index (χ2v) is 2.75. The minimum Gasteiger partial charge on any atom is -0.504 e. The minimum absolute atomic E-state index is 0.164. The lowest BCUT2D eigenvalue weighted by Crippen LogP contribution is -2.11. The summed E-state index contributed by atoms with van der Waals surface area (Å²) in [6, 6.07) is 4.62. The molecule has 0 atom stereocenters. The number of phenolic OH excluding ortho intramolecular Hbond substituents is 2. The molecule has 0 spiro atoms. The van der Waals surface area contributed by atoms with Gasteiger partial charge in [0.2, 0.25) is 5.91 Å². The molecular formula is C9H11NO3. The molecule has 0 aromatic heterocycles. The zero-order chi connectivity index (χ0) is 9.84. The topological polar surface area (TPSA) is 83.6 Å². The zero-order valence-electron chi connectivity index (χ0n) is 7.03. The molecule has 0 radical (unpaired) electrons. The summed E-state index contributed by atoms with van der Waals surface area (Å²) in [4.78, 5) is 10.4. The molecule has 1 rings (SSSR count). The van der Waals surface area contributed by atoms with Gasteiger partial charge in [0, 0.05) is 6.42 Å². The van der Waals surface area contributed by atoms with E-state index in [4.69, 9.17) is 10.8 Å². The minimum atomic E-state index is -0.428. The summed E-state index contributed by atoms with van der Waals surface area (Å²) in [6.45, 7) is 0. The third-order valence-electron chi connectivity index (χ3n) is 1.74. The predicted octanol–water partition coefficient (Wildman–Crippen LogP) is 0.516. The average Bonchev–Trinajstić information content (AvgIpc) is 2.07. The standard InChI is InChI=1S/C9H11NO3/c10-8(12)5-4-6-2-1-3-7(11)9(6)13/h1-3,11,13H,4-5H2,(H2,10,12). The lowest BCUT2D eigenvalue weighted by Gasteiger charge is -2.03. The fourth-order valence-corrected chi connectivity index (χ4v) is 1.04. The van der Waals surface area contributed by atoms with Crippen LogP contribution in [0.2, 0.25) is 0 Å². The Hall–Kier alpha value is -1.71. The van der Waals surface area contributed by atoms with Crippen LogP contribution in [0.1, 0.15) is 12.0 Å². The van der Waals surface area contributed by atoms with E-state index in [1.165, 1.54) is 6.07 Å². The molecule has 1 aromatic carbocycles. The fourth-order valence-electron chi connectivity index (χ4n) is 1.04.